The number of aromatic nitrogens is 3. The van der Waals surface area contributed by atoms with Gasteiger partial charge in [0.2, 0.25) is 5.78 Å². The minimum atomic E-state index is -0.00189. The molecule has 0 radical (unpaired) electrons. The molecule has 0 bridgehead atoms. The molecule has 4 nitrogen and oxygen atoms in total. The first kappa shape index (κ1) is 17.5. The van der Waals surface area contributed by atoms with E-state index in [4.69, 9.17) is 9.97 Å². The number of rotatable bonds is 4. The molecule has 29 heavy (non-hydrogen) atoms. The summed E-state index contributed by atoms with van der Waals surface area (Å²) in [5.41, 5.74) is 3.34. The molecular formula is C24H17N3OS. The van der Waals surface area contributed by atoms with E-state index >= 15 is 0 Å². The lowest BCUT2D eigenvalue weighted by Crippen LogP contribution is -2.04. The number of benzene rings is 2. The Morgan fingerprint density at radius 3 is 2.21 bits per heavy atom. The van der Waals surface area contributed by atoms with Crippen molar-refractivity contribution < 1.29 is 4.79 Å². The lowest BCUT2D eigenvalue weighted by atomic mass is 10.1. The van der Waals surface area contributed by atoms with Crippen LogP contribution in [0.25, 0.3) is 27.3 Å². The SMILES string of the molecule is Cc1nc(-c2ccccc2)nc2sc(C(=O)c3ccccc3)c(-n3cccc3)c12. The second-order valence-corrected chi connectivity index (χ2v) is 7.74. The molecule has 0 aliphatic rings. The molecule has 0 unspecified atom stereocenters. The zero-order valence-corrected chi connectivity index (χ0v) is 16.6. The largest absolute Gasteiger partial charge is 0.322 e. The van der Waals surface area contributed by atoms with Crippen LogP contribution in [0.4, 0.5) is 0 Å². The van der Waals surface area contributed by atoms with Crippen LogP contribution < -0.4 is 0 Å². The Morgan fingerprint density at radius 1 is 0.862 bits per heavy atom. The molecule has 0 fully saturated rings. The van der Waals surface area contributed by atoms with Gasteiger partial charge in [-0.3, -0.25) is 4.79 Å². The zero-order chi connectivity index (χ0) is 19.8. The van der Waals surface area contributed by atoms with Gasteiger partial charge < -0.3 is 4.57 Å². The van der Waals surface area contributed by atoms with E-state index in [9.17, 15) is 4.79 Å². The van der Waals surface area contributed by atoms with Crippen LogP contribution in [0.2, 0.25) is 0 Å². The fraction of sp³-hybridized carbons (Fsp3) is 0.0417. The molecule has 0 amide bonds. The fourth-order valence-corrected chi connectivity index (χ4v) is 4.66. The highest BCUT2D eigenvalue weighted by molar-refractivity contribution is 7.21. The number of hydrogen-bond donors (Lipinski definition) is 0. The van der Waals surface area contributed by atoms with Crippen LogP contribution in [0.15, 0.2) is 85.2 Å². The first-order valence-corrected chi connectivity index (χ1v) is 10.1. The zero-order valence-electron chi connectivity index (χ0n) is 15.7. The topological polar surface area (TPSA) is 47.8 Å². The van der Waals surface area contributed by atoms with Crippen LogP contribution in [0, 0.1) is 6.92 Å². The standard InChI is InChI=1S/C24H17N3OS/c1-16-19-20(27-14-8-9-15-27)22(21(28)17-10-4-2-5-11-17)29-24(19)26-23(25-16)18-12-6-3-7-13-18/h2-15H,1H3. The average molecular weight is 395 g/mol. The molecule has 0 aliphatic carbocycles. The molecule has 0 spiro atoms. The van der Waals surface area contributed by atoms with Crippen LogP contribution in [0.3, 0.4) is 0 Å². The minimum Gasteiger partial charge on any atom is -0.322 e. The summed E-state index contributed by atoms with van der Waals surface area (Å²) in [5.74, 6) is 0.674. The first-order chi connectivity index (χ1) is 14.2. The molecule has 2 aromatic carbocycles. The summed E-state index contributed by atoms with van der Waals surface area (Å²) in [4.78, 5) is 24.4. The van der Waals surface area contributed by atoms with Gasteiger partial charge in [-0.2, -0.15) is 0 Å². The molecule has 140 valence electrons. The molecule has 3 heterocycles. The van der Waals surface area contributed by atoms with Crippen molar-refractivity contribution in [2.45, 2.75) is 6.92 Å². The van der Waals surface area contributed by atoms with E-state index in [2.05, 4.69) is 0 Å². The summed E-state index contributed by atoms with van der Waals surface area (Å²) >= 11 is 1.43. The molecule has 0 atom stereocenters. The third-order valence-corrected chi connectivity index (χ3v) is 5.92. The normalized spacial score (nSPS) is 11.1. The maximum Gasteiger partial charge on any atom is 0.205 e. The van der Waals surface area contributed by atoms with Gasteiger partial charge in [0.25, 0.3) is 0 Å². The minimum absolute atomic E-state index is 0.00189. The van der Waals surface area contributed by atoms with Crippen molar-refractivity contribution in [3.63, 3.8) is 0 Å². The summed E-state index contributed by atoms with van der Waals surface area (Å²) in [5, 5.41) is 0.921. The van der Waals surface area contributed by atoms with Crippen LogP contribution >= 0.6 is 11.3 Å². The van der Waals surface area contributed by atoms with Gasteiger partial charge >= 0.3 is 0 Å². The predicted octanol–water partition coefficient (Wildman–Crippen LogP) is 5.69. The summed E-state index contributed by atoms with van der Waals surface area (Å²) in [7, 11) is 0. The number of carbonyl (C=O) groups excluding carboxylic acids is 1. The first-order valence-electron chi connectivity index (χ1n) is 9.32. The number of fused-ring (bicyclic) bond motifs is 1. The van der Waals surface area contributed by atoms with Crippen LogP contribution in [0.5, 0.6) is 0 Å². The van der Waals surface area contributed by atoms with Gasteiger partial charge in [0.1, 0.15) is 9.71 Å². The van der Waals surface area contributed by atoms with Crippen molar-refractivity contribution >= 4 is 27.3 Å². The number of carbonyl (C=O) groups is 1. The number of ketones is 1. The van der Waals surface area contributed by atoms with E-state index in [1.54, 1.807) is 0 Å². The van der Waals surface area contributed by atoms with Gasteiger partial charge in [-0.05, 0) is 19.1 Å². The van der Waals surface area contributed by atoms with E-state index in [-0.39, 0.29) is 5.78 Å². The van der Waals surface area contributed by atoms with E-state index < -0.39 is 0 Å². The average Bonchev–Trinajstić information content (AvgIpc) is 3.42. The summed E-state index contributed by atoms with van der Waals surface area (Å²) in [6.07, 6.45) is 3.90. The molecular weight excluding hydrogens is 378 g/mol. The molecule has 0 saturated heterocycles. The third-order valence-electron chi connectivity index (χ3n) is 4.84. The van der Waals surface area contributed by atoms with E-state index in [1.165, 1.54) is 11.3 Å². The van der Waals surface area contributed by atoms with Crippen LogP contribution in [-0.4, -0.2) is 20.3 Å². The fourth-order valence-electron chi connectivity index (χ4n) is 3.47. The third kappa shape index (κ3) is 3.05. The number of thiophene rings is 1. The number of hydrogen-bond acceptors (Lipinski definition) is 4. The second-order valence-electron chi connectivity index (χ2n) is 6.74. The molecule has 0 N–H and O–H groups in total. The maximum atomic E-state index is 13.3. The number of aryl methyl sites for hydroxylation is 1. The lowest BCUT2D eigenvalue weighted by molar-refractivity contribution is 0.104. The Kier molecular flexibility index (Phi) is 4.30. The van der Waals surface area contributed by atoms with Crippen molar-refractivity contribution in [1.29, 1.82) is 0 Å². The Hall–Kier alpha value is -3.57. The quantitative estimate of drug-likeness (QED) is 0.367. The van der Waals surface area contributed by atoms with Crippen molar-refractivity contribution in [3.05, 3.63) is 101 Å². The van der Waals surface area contributed by atoms with Crippen molar-refractivity contribution in [3.8, 4) is 17.1 Å². The molecule has 0 aliphatic heterocycles. The molecule has 5 heteroatoms. The lowest BCUT2D eigenvalue weighted by Gasteiger charge is -2.08. The molecule has 0 saturated carbocycles. The smallest absolute Gasteiger partial charge is 0.205 e. The molecule has 3 aromatic heterocycles. The van der Waals surface area contributed by atoms with Crippen molar-refractivity contribution in [2.24, 2.45) is 0 Å². The van der Waals surface area contributed by atoms with Crippen LogP contribution in [-0.2, 0) is 0 Å². The van der Waals surface area contributed by atoms with E-state index in [0.29, 0.717) is 16.3 Å². The summed E-state index contributed by atoms with van der Waals surface area (Å²) in [6.45, 7) is 1.98. The maximum absolute atomic E-state index is 13.3. The monoisotopic (exact) mass is 395 g/mol. The van der Waals surface area contributed by atoms with Gasteiger partial charge in [0, 0.05) is 23.5 Å². The Balaban J connectivity index is 1.77. The van der Waals surface area contributed by atoms with Crippen LogP contribution in [0.1, 0.15) is 20.9 Å². The Labute approximate surface area is 172 Å². The predicted molar refractivity (Wildman–Crippen MR) is 117 cm³/mol. The highest BCUT2D eigenvalue weighted by Crippen LogP contribution is 2.37. The van der Waals surface area contributed by atoms with E-state index in [0.717, 1.165) is 27.2 Å². The second kappa shape index (κ2) is 7.11. The van der Waals surface area contributed by atoms with Gasteiger partial charge in [0.05, 0.1) is 16.8 Å². The van der Waals surface area contributed by atoms with Gasteiger partial charge in [-0.1, -0.05) is 60.7 Å². The summed E-state index contributed by atoms with van der Waals surface area (Å²) in [6, 6.07) is 23.2. The Bertz CT molecular complexity index is 1310. The van der Waals surface area contributed by atoms with Gasteiger partial charge in [-0.25, -0.2) is 9.97 Å². The van der Waals surface area contributed by atoms with E-state index in [1.807, 2.05) is 96.7 Å². The van der Waals surface area contributed by atoms with Gasteiger partial charge in [0.15, 0.2) is 5.82 Å². The summed E-state index contributed by atoms with van der Waals surface area (Å²) < 4.78 is 1.98. The molecule has 5 aromatic rings. The van der Waals surface area contributed by atoms with Crippen molar-refractivity contribution in [2.75, 3.05) is 0 Å². The van der Waals surface area contributed by atoms with Crippen molar-refractivity contribution in [1.82, 2.24) is 14.5 Å². The van der Waals surface area contributed by atoms with Gasteiger partial charge in [-0.15, -0.1) is 11.3 Å². The Morgan fingerprint density at radius 2 is 1.52 bits per heavy atom. The highest BCUT2D eigenvalue weighted by atomic mass is 32.1. The molecule has 5 rings (SSSR count). The number of nitrogens with zero attached hydrogens (tertiary/aromatic N) is 3. The highest BCUT2D eigenvalue weighted by Gasteiger charge is 2.24.